The molecule has 122 valence electrons. The Kier molecular flexibility index (Phi) is 5.40. The van der Waals surface area contributed by atoms with E-state index in [2.05, 4.69) is 15.9 Å². The number of esters is 1. The van der Waals surface area contributed by atoms with Gasteiger partial charge in [-0.15, -0.1) is 0 Å². The summed E-state index contributed by atoms with van der Waals surface area (Å²) in [5, 5.41) is 5.12. The molecular formula is C15H14BrNO5S. The third kappa shape index (κ3) is 4.54. The fraction of sp³-hybridized carbons (Fsp3) is 0.133. The predicted octanol–water partition coefficient (Wildman–Crippen LogP) is 2.46. The van der Waals surface area contributed by atoms with Gasteiger partial charge in [-0.1, -0.05) is 28.1 Å². The standard InChI is InChI=1S/C15H14BrNO5S/c1-21-13-6-5-11(8-14(13)23(17,19)20)15(18)22-9-10-3-2-4-12(16)7-10/h2-8H,9H2,1H3,(H2,17,19,20). The molecule has 0 aliphatic rings. The molecule has 2 N–H and O–H groups in total. The van der Waals surface area contributed by atoms with Gasteiger partial charge in [0.15, 0.2) is 0 Å². The summed E-state index contributed by atoms with van der Waals surface area (Å²) in [4.78, 5) is 11.8. The van der Waals surface area contributed by atoms with E-state index < -0.39 is 16.0 Å². The molecule has 0 spiro atoms. The quantitative estimate of drug-likeness (QED) is 0.778. The summed E-state index contributed by atoms with van der Waals surface area (Å²) in [6, 6.07) is 11.2. The number of halogens is 1. The highest BCUT2D eigenvalue weighted by Gasteiger charge is 2.18. The minimum Gasteiger partial charge on any atom is -0.495 e. The Balaban J connectivity index is 2.20. The minimum absolute atomic E-state index is 0.0645. The number of ether oxygens (including phenoxy) is 2. The van der Waals surface area contributed by atoms with Crippen molar-refractivity contribution in [2.45, 2.75) is 11.5 Å². The third-order valence-corrected chi connectivity index (χ3v) is 4.39. The largest absolute Gasteiger partial charge is 0.495 e. The molecule has 0 atom stereocenters. The number of hydrogen-bond donors (Lipinski definition) is 1. The molecule has 0 amide bonds. The number of hydrogen-bond acceptors (Lipinski definition) is 5. The van der Waals surface area contributed by atoms with Crippen LogP contribution in [-0.2, 0) is 21.4 Å². The van der Waals surface area contributed by atoms with Crippen molar-refractivity contribution >= 4 is 31.9 Å². The average Bonchev–Trinajstić information content (AvgIpc) is 2.51. The van der Waals surface area contributed by atoms with Gasteiger partial charge in [0, 0.05) is 4.47 Å². The van der Waals surface area contributed by atoms with E-state index in [9.17, 15) is 13.2 Å². The minimum atomic E-state index is -4.01. The highest BCUT2D eigenvalue weighted by atomic mass is 79.9. The maximum atomic E-state index is 12.1. The molecule has 6 nitrogen and oxygen atoms in total. The zero-order valence-electron chi connectivity index (χ0n) is 12.2. The van der Waals surface area contributed by atoms with E-state index in [1.165, 1.54) is 19.2 Å². The van der Waals surface area contributed by atoms with Crippen LogP contribution in [0.25, 0.3) is 0 Å². The predicted molar refractivity (Wildman–Crippen MR) is 87.6 cm³/mol. The summed E-state index contributed by atoms with van der Waals surface area (Å²) in [5.41, 5.74) is 0.873. The summed E-state index contributed by atoms with van der Waals surface area (Å²) in [7, 11) is -2.70. The van der Waals surface area contributed by atoms with Crippen LogP contribution in [0.3, 0.4) is 0 Å². The lowest BCUT2D eigenvalue weighted by Gasteiger charge is -2.09. The van der Waals surface area contributed by atoms with Crippen molar-refractivity contribution in [3.05, 3.63) is 58.1 Å². The lowest BCUT2D eigenvalue weighted by atomic mass is 10.2. The van der Waals surface area contributed by atoms with E-state index in [0.717, 1.165) is 16.1 Å². The summed E-state index contributed by atoms with van der Waals surface area (Å²) in [6.07, 6.45) is 0. The molecular weight excluding hydrogens is 386 g/mol. The van der Waals surface area contributed by atoms with Crippen molar-refractivity contribution < 1.29 is 22.7 Å². The van der Waals surface area contributed by atoms with Crippen molar-refractivity contribution in [2.75, 3.05) is 7.11 Å². The van der Waals surface area contributed by atoms with Gasteiger partial charge < -0.3 is 9.47 Å². The van der Waals surface area contributed by atoms with Crippen molar-refractivity contribution in [1.29, 1.82) is 0 Å². The van der Waals surface area contributed by atoms with Crippen LogP contribution >= 0.6 is 15.9 Å². The number of nitrogens with two attached hydrogens (primary N) is 1. The zero-order valence-corrected chi connectivity index (χ0v) is 14.6. The second-order valence-corrected chi connectivity index (χ2v) is 7.06. The van der Waals surface area contributed by atoms with Crippen molar-refractivity contribution in [2.24, 2.45) is 5.14 Å². The molecule has 0 unspecified atom stereocenters. The highest BCUT2D eigenvalue weighted by molar-refractivity contribution is 9.10. The Labute approximate surface area is 142 Å². The van der Waals surface area contributed by atoms with E-state index in [-0.39, 0.29) is 22.8 Å². The topological polar surface area (TPSA) is 95.7 Å². The summed E-state index contributed by atoms with van der Waals surface area (Å²) < 4.78 is 34.1. The number of carbonyl (C=O) groups is 1. The lowest BCUT2D eigenvalue weighted by Crippen LogP contribution is -2.15. The molecule has 0 saturated carbocycles. The maximum Gasteiger partial charge on any atom is 0.338 e. The summed E-state index contributed by atoms with van der Waals surface area (Å²) in [5.74, 6) is -0.589. The molecule has 8 heteroatoms. The maximum absolute atomic E-state index is 12.1. The summed E-state index contributed by atoms with van der Waals surface area (Å²) >= 11 is 3.33. The Morgan fingerprint density at radius 3 is 2.57 bits per heavy atom. The van der Waals surface area contributed by atoms with Crippen LogP contribution in [0, 0.1) is 0 Å². The van der Waals surface area contributed by atoms with Gasteiger partial charge in [-0.25, -0.2) is 18.4 Å². The molecule has 0 bridgehead atoms. The molecule has 0 aromatic heterocycles. The third-order valence-electron chi connectivity index (χ3n) is 2.96. The SMILES string of the molecule is COc1ccc(C(=O)OCc2cccc(Br)c2)cc1S(N)(=O)=O. The van der Waals surface area contributed by atoms with Crippen LogP contribution in [0.4, 0.5) is 0 Å². The number of benzene rings is 2. The smallest absolute Gasteiger partial charge is 0.338 e. The molecule has 0 heterocycles. The molecule has 23 heavy (non-hydrogen) atoms. The molecule has 0 aliphatic heterocycles. The number of methoxy groups -OCH3 is 1. The van der Waals surface area contributed by atoms with Crippen LogP contribution in [0.15, 0.2) is 51.8 Å². The molecule has 0 radical (unpaired) electrons. The van der Waals surface area contributed by atoms with E-state index >= 15 is 0 Å². The first kappa shape index (κ1) is 17.5. The first-order valence-electron chi connectivity index (χ1n) is 6.43. The molecule has 2 aromatic rings. The van der Waals surface area contributed by atoms with Gasteiger partial charge in [-0.3, -0.25) is 0 Å². The van der Waals surface area contributed by atoms with Gasteiger partial charge in [-0.2, -0.15) is 0 Å². The first-order chi connectivity index (χ1) is 10.8. The second-order valence-electron chi connectivity index (χ2n) is 4.62. The van der Waals surface area contributed by atoms with Crippen LogP contribution in [-0.4, -0.2) is 21.5 Å². The van der Waals surface area contributed by atoms with Crippen molar-refractivity contribution in [3.8, 4) is 5.75 Å². The molecule has 0 aliphatic carbocycles. The first-order valence-corrected chi connectivity index (χ1v) is 8.77. The van der Waals surface area contributed by atoms with Gasteiger partial charge >= 0.3 is 5.97 Å². The summed E-state index contributed by atoms with van der Waals surface area (Å²) in [6.45, 7) is 0.0645. The number of sulfonamides is 1. The van der Waals surface area contributed by atoms with Crippen molar-refractivity contribution in [3.63, 3.8) is 0 Å². The normalized spacial score (nSPS) is 11.1. The Morgan fingerprint density at radius 1 is 1.22 bits per heavy atom. The lowest BCUT2D eigenvalue weighted by molar-refractivity contribution is 0.0472. The number of rotatable bonds is 5. The van der Waals surface area contributed by atoms with Gasteiger partial charge in [-0.05, 0) is 35.9 Å². The Morgan fingerprint density at radius 2 is 1.96 bits per heavy atom. The zero-order chi connectivity index (χ0) is 17.0. The number of primary sulfonamides is 1. The highest BCUT2D eigenvalue weighted by Crippen LogP contribution is 2.24. The van der Waals surface area contributed by atoms with Crippen LogP contribution in [0.5, 0.6) is 5.75 Å². The van der Waals surface area contributed by atoms with E-state index in [1.807, 2.05) is 24.3 Å². The van der Waals surface area contributed by atoms with E-state index in [4.69, 9.17) is 14.6 Å². The van der Waals surface area contributed by atoms with Gasteiger partial charge in [0.05, 0.1) is 12.7 Å². The van der Waals surface area contributed by atoms with Crippen LogP contribution in [0.2, 0.25) is 0 Å². The van der Waals surface area contributed by atoms with Gasteiger partial charge in [0.25, 0.3) is 0 Å². The van der Waals surface area contributed by atoms with Crippen LogP contribution < -0.4 is 9.88 Å². The molecule has 0 saturated heterocycles. The monoisotopic (exact) mass is 399 g/mol. The van der Waals surface area contributed by atoms with Gasteiger partial charge in [0.2, 0.25) is 10.0 Å². The fourth-order valence-electron chi connectivity index (χ4n) is 1.88. The average molecular weight is 400 g/mol. The Bertz CT molecular complexity index is 836. The molecule has 2 aromatic carbocycles. The van der Waals surface area contributed by atoms with Crippen molar-refractivity contribution in [1.82, 2.24) is 0 Å². The second kappa shape index (κ2) is 7.12. The van der Waals surface area contributed by atoms with Crippen LogP contribution in [0.1, 0.15) is 15.9 Å². The van der Waals surface area contributed by atoms with E-state index in [0.29, 0.717) is 0 Å². The molecule has 0 fully saturated rings. The Hall–Kier alpha value is -1.90. The fourth-order valence-corrected chi connectivity index (χ4v) is 3.05. The van der Waals surface area contributed by atoms with Gasteiger partial charge in [0.1, 0.15) is 17.3 Å². The number of carbonyl (C=O) groups excluding carboxylic acids is 1. The molecule has 2 rings (SSSR count). The van der Waals surface area contributed by atoms with E-state index in [1.54, 1.807) is 0 Å².